The zero-order valence-electron chi connectivity index (χ0n) is 14.5. The number of hydrogen-bond donors (Lipinski definition) is 2. The molecule has 1 fully saturated rings. The lowest BCUT2D eigenvalue weighted by molar-refractivity contribution is -0.142. The number of hydrogen-bond acceptors (Lipinski definition) is 4. The zero-order chi connectivity index (χ0) is 18.2. The van der Waals surface area contributed by atoms with Crippen LogP contribution in [-0.2, 0) is 9.59 Å². The van der Waals surface area contributed by atoms with E-state index in [1.165, 1.54) is 0 Å². The molecule has 3 N–H and O–H groups in total. The predicted molar refractivity (Wildman–Crippen MR) is 97.6 cm³/mol. The number of nitrogens with one attached hydrogen (secondary N) is 1. The van der Waals surface area contributed by atoms with E-state index in [1.807, 2.05) is 4.90 Å². The summed E-state index contributed by atoms with van der Waals surface area (Å²) in [5.74, 6) is 0.416. The van der Waals surface area contributed by atoms with Gasteiger partial charge in [-0.1, -0.05) is 17.7 Å². The van der Waals surface area contributed by atoms with Gasteiger partial charge in [0.15, 0.2) is 6.10 Å². The number of nitrogens with zero attached hydrogens (tertiary/aromatic N) is 1. The van der Waals surface area contributed by atoms with Gasteiger partial charge in [0.25, 0.3) is 5.91 Å². The van der Waals surface area contributed by atoms with Crippen LogP contribution in [0, 0.1) is 0 Å². The Morgan fingerprint density at radius 2 is 2.24 bits per heavy atom. The topological polar surface area (TPSA) is 84.7 Å². The first-order chi connectivity index (χ1) is 12.0. The Labute approximate surface area is 153 Å². The van der Waals surface area contributed by atoms with Crippen molar-refractivity contribution in [2.45, 2.75) is 44.8 Å². The maximum Gasteiger partial charge on any atom is 0.263 e. The van der Waals surface area contributed by atoms with Crippen molar-refractivity contribution in [2.75, 3.05) is 19.6 Å². The van der Waals surface area contributed by atoms with Crippen molar-refractivity contribution in [2.24, 2.45) is 5.73 Å². The molecule has 0 aromatic heterocycles. The third kappa shape index (κ3) is 5.90. The lowest BCUT2D eigenvalue weighted by atomic mass is 10.0. The number of halogens is 1. The molecular weight excluding hydrogens is 342 g/mol. The second-order valence-electron chi connectivity index (χ2n) is 6.24. The first-order valence-corrected chi connectivity index (χ1v) is 9.08. The van der Waals surface area contributed by atoms with E-state index in [4.69, 9.17) is 22.1 Å². The number of rotatable bonds is 7. The molecule has 2 rings (SSSR count). The summed E-state index contributed by atoms with van der Waals surface area (Å²) in [6.07, 6.45) is 2.57. The van der Waals surface area contributed by atoms with Crippen LogP contribution < -0.4 is 15.8 Å². The molecule has 0 radical (unpaired) electrons. The highest BCUT2D eigenvalue weighted by atomic mass is 35.5. The van der Waals surface area contributed by atoms with E-state index < -0.39 is 6.10 Å². The lowest BCUT2D eigenvalue weighted by Crippen LogP contribution is -2.52. The van der Waals surface area contributed by atoms with Gasteiger partial charge in [0.2, 0.25) is 5.91 Å². The van der Waals surface area contributed by atoms with Gasteiger partial charge < -0.3 is 20.7 Å². The van der Waals surface area contributed by atoms with Gasteiger partial charge in [-0.3, -0.25) is 9.59 Å². The van der Waals surface area contributed by atoms with Gasteiger partial charge in [0, 0.05) is 37.1 Å². The van der Waals surface area contributed by atoms with Crippen LogP contribution in [0.1, 0.15) is 32.6 Å². The molecule has 25 heavy (non-hydrogen) atoms. The number of benzene rings is 1. The number of ether oxygens (including phenoxy) is 1. The van der Waals surface area contributed by atoms with Crippen LogP contribution in [-0.4, -0.2) is 48.5 Å². The summed E-state index contributed by atoms with van der Waals surface area (Å²) in [6.45, 7) is 3.19. The SMILES string of the molecule is CC(Oc1cccc(Cl)c1)C(=O)N1CCCCC1CNC(=O)CCN. The van der Waals surface area contributed by atoms with Gasteiger partial charge in [-0.2, -0.15) is 0 Å². The highest BCUT2D eigenvalue weighted by molar-refractivity contribution is 6.30. The number of nitrogens with two attached hydrogens (primary N) is 1. The van der Waals surface area contributed by atoms with Crippen molar-refractivity contribution in [3.05, 3.63) is 29.3 Å². The van der Waals surface area contributed by atoms with Crippen molar-refractivity contribution in [3.63, 3.8) is 0 Å². The van der Waals surface area contributed by atoms with Crippen LogP contribution in [0.2, 0.25) is 5.02 Å². The number of carbonyl (C=O) groups excluding carboxylic acids is 2. The minimum Gasteiger partial charge on any atom is -0.481 e. The molecule has 6 nitrogen and oxygen atoms in total. The molecule has 0 saturated carbocycles. The molecule has 0 bridgehead atoms. The maximum absolute atomic E-state index is 12.8. The standard InChI is InChI=1S/C18H26ClN3O3/c1-13(25-16-7-4-5-14(19)11-16)18(24)22-10-3-2-6-15(22)12-21-17(23)8-9-20/h4-5,7,11,13,15H,2-3,6,8-10,12,20H2,1H3,(H,21,23). The Kier molecular flexibility index (Phi) is 7.52. The third-order valence-corrected chi connectivity index (χ3v) is 4.51. The maximum atomic E-state index is 12.8. The summed E-state index contributed by atoms with van der Waals surface area (Å²) in [5, 5.41) is 3.43. The number of amides is 2. The van der Waals surface area contributed by atoms with E-state index in [1.54, 1.807) is 31.2 Å². The molecule has 1 aromatic carbocycles. The lowest BCUT2D eigenvalue weighted by Gasteiger charge is -2.37. The molecule has 1 heterocycles. The van der Waals surface area contributed by atoms with Crippen LogP contribution >= 0.6 is 11.6 Å². The van der Waals surface area contributed by atoms with E-state index in [0.29, 0.717) is 36.8 Å². The van der Waals surface area contributed by atoms with E-state index in [0.717, 1.165) is 19.3 Å². The van der Waals surface area contributed by atoms with Crippen LogP contribution in [0.4, 0.5) is 0 Å². The fourth-order valence-corrected chi connectivity index (χ4v) is 3.16. The van der Waals surface area contributed by atoms with E-state index in [9.17, 15) is 9.59 Å². The smallest absolute Gasteiger partial charge is 0.263 e. The Bertz CT molecular complexity index is 597. The summed E-state index contributed by atoms with van der Waals surface area (Å²) in [4.78, 5) is 26.3. The van der Waals surface area contributed by atoms with Crippen molar-refractivity contribution >= 4 is 23.4 Å². The fourth-order valence-electron chi connectivity index (χ4n) is 2.98. The van der Waals surface area contributed by atoms with Gasteiger partial charge in [-0.25, -0.2) is 0 Å². The van der Waals surface area contributed by atoms with Gasteiger partial charge in [0.05, 0.1) is 0 Å². The van der Waals surface area contributed by atoms with Crippen LogP contribution in [0.3, 0.4) is 0 Å². The fraction of sp³-hybridized carbons (Fsp3) is 0.556. The monoisotopic (exact) mass is 367 g/mol. The number of piperidine rings is 1. The summed E-state index contributed by atoms with van der Waals surface area (Å²) in [7, 11) is 0. The van der Waals surface area contributed by atoms with E-state index in [2.05, 4.69) is 5.32 Å². The first-order valence-electron chi connectivity index (χ1n) is 8.70. The molecule has 138 valence electrons. The minimum absolute atomic E-state index is 0.00612. The van der Waals surface area contributed by atoms with Gasteiger partial charge >= 0.3 is 0 Å². The van der Waals surface area contributed by atoms with E-state index >= 15 is 0 Å². The van der Waals surface area contributed by atoms with Gasteiger partial charge in [-0.05, 0) is 44.4 Å². The zero-order valence-corrected chi connectivity index (χ0v) is 15.3. The second-order valence-corrected chi connectivity index (χ2v) is 6.68. The quantitative estimate of drug-likeness (QED) is 0.771. The van der Waals surface area contributed by atoms with Gasteiger partial charge in [-0.15, -0.1) is 0 Å². The van der Waals surface area contributed by atoms with Gasteiger partial charge in [0.1, 0.15) is 5.75 Å². The van der Waals surface area contributed by atoms with Crippen LogP contribution in [0.5, 0.6) is 5.75 Å². The Morgan fingerprint density at radius 1 is 1.44 bits per heavy atom. The normalized spacial score (nSPS) is 18.5. The average molecular weight is 368 g/mol. The summed E-state index contributed by atoms with van der Waals surface area (Å²) < 4.78 is 5.74. The van der Waals surface area contributed by atoms with E-state index in [-0.39, 0.29) is 17.9 Å². The third-order valence-electron chi connectivity index (χ3n) is 4.27. The summed E-state index contributed by atoms with van der Waals surface area (Å²) in [6, 6.07) is 6.99. The van der Waals surface area contributed by atoms with Crippen molar-refractivity contribution in [1.82, 2.24) is 10.2 Å². The molecule has 0 aliphatic carbocycles. The predicted octanol–water partition coefficient (Wildman–Crippen LogP) is 1.95. The first kappa shape index (κ1) is 19.5. The largest absolute Gasteiger partial charge is 0.481 e. The molecule has 1 aliphatic rings. The highest BCUT2D eigenvalue weighted by Gasteiger charge is 2.30. The van der Waals surface area contributed by atoms with Crippen LogP contribution in [0.15, 0.2) is 24.3 Å². The summed E-state index contributed by atoms with van der Waals surface area (Å²) in [5.41, 5.74) is 5.39. The molecule has 2 amide bonds. The van der Waals surface area contributed by atoms with Crippen molar-refractivity contribution in [3.8, 4) is 5.75 Å². The Hall–Kier alpha value is -1.79. The molecule has 7 heteroatoms. The van der Waals surface area contributed by atoms with Crippen molar-refractivity contribution in [1.29, 1.82) is 0 Å². The molecule has 0 spiro atoms. The minimum atomic E-state index is -0.612. The average Bonchev–Trinajstić information content (AvgIpc) is 2.60. The molecular formula is C18H26ClN3O3. The Balaban J connectivity index is 1.95. The molecule has 1 saturated heterocycles. The number of carbonyl (C=O) groups is 2. The van der Waals surface area contributed by atoms with Crippen LogP contribution in [0.25, 0.3) is 0 Å². The molecule has 2 atom stereocenters. The molecule has 2 unspecified atom stereocenters. The second kappa shape index (κ2) is 9.63. The number of likely N-dealkylation sites (tertiary alicyclic amines) is 1. The Morgan fingerprint density at radius 3 is 2.96 bits per heavy atom. The summed E-state index contributed by atoms with van der Waals surface area (Å²) >= 11 is 5.95. The molecule has 1 aliphatic heterocycles. The molecule has 1 aromatic rings. The van der Waals surface area contributed by atoms with Crippen molar-refractivity contribution < 1.29 is 14.3 Å². The highest BCUT2D eigenvalue weighted by Crippen LogP contribution is 2.21.